The van der Waals surface area contributed by atoms with E-state index >= 15 is 0 Å². The summed E-state index contributed by atoms with van der Waals surface area (Å²) in [5, 5.41) is 9.89. The molecule has 26 heavy (non-hydrogen) atoms. The lowest BCUT2D eigenvalue weighted by atomic mass is 9.71. The van der Waals surface area contributed by atoms with Crippen molar-refractivity contribution in [1.29, 1.82) is 0 Å². The maximum absolute atomic E-state index is 9.89. The summed E-state index contributed by atoms with van der Waals surface area (Å²) >= 11 is 0. The van der Waals surface area contributed by atoms with Crippen LogP contribution < -0.4 is 15.4 Å². The van der Waals surface area contributed by atoms with E-state index in [4.69, 9.17) is 10.5 Å². The van der Waals surface area contributed by atoms with E-state index in [2.05, 4.69) is 34.8 Å². The maximum atomic E-state index is 9.89. The number of nitrogens with zero attached hydrogens (tertiary/aromatic N) is 3. The molecule has 0 spiro atoms. The second kappa shape index (κ2) is 6.13. The van der Waals surface area contributed by atoms with Crippen LogP contribution in [0.4, 0.5) is 11.5 Å². The van der Waals surface area contributed by atoms with Crippen LogP contribution in [0.25, 0.3) is 11.3 Å². The molecule has 0 atom stereocenters. The number of methoxy groups -OCH3 is 1. The summed E-state index contributed by atoms with van der Waals surface area (Å²) in [5.41, 5.74) is 11.5. The highest BCUT2D eigenvalue weighted by Gasteiger charge is 2.37. The van der Waals surface area contributed by atoms with Crippen LogP contribution in [-0.2, 0) is 11.8 Å². The number of rotatable bonds is 2. The lowest BCUT2D eigenvalue weighted by molar-refractivity contribution is 0.145. The van der Waals surface area contributed by atoms with Crippen molar-refractivity contribution >= 4 is 11.5 Å². The van der Waals surface area contributed by atoms with Crippen LogP contribution in [0.15, 0.2) is 18.5 Å². The Kier molecular flexibility index (Phi) is 4.03. The lowest BCUT2D eigenvalue weighted by Gasteiger charge is -2.39. The summed E-state index contributed by atoms with van der Waals surface area (Å²) in [6.45, 7) is 6.04. The molecule has 2 aliphatic rings. The molecule has 0 bridgehead atoms. The Balaban J connectivity index is 1.92. The highest BCUT2D eigenvalue weighted by molar-refractivity contribution is 5.83. The Hall–Kier alpha value is -2.34. The number of anilines is 2. The third-order valence-corrected chi connectivity index (χ3v) is 5.67. The Bertz CT molecular complexity index is 842. The fraction of sp³-hybridized carbons (Fsp3) is 0.500. The SMILES string of the molecule is COc1ccc2c(c1N1CCC(O)CC1)CC(C)(C)c1c(N)ncnc1-2. The fourth-order valence-electron chi connectivity index (χ4n) is 4.42. The first-order chi connectivity index (χ1) is 12.4. The van der Waals surface area contributed by atoms with Gasteiger partial charge in [0.25, 0.3) is 0 Å². The number of aliphatic hydroxyl groups excluding tert-OH is 1. The predicted octanol–water partition coefficient (Wildman–Crippen LogP) is 2.53. The van der Waals surface area contributed by atoms with Crippen molar-refractivity contribution in [2.45, 2.75) is 44.6 Å². The van der Waals surface area contributed by atoms with Gasteiger partial charge in [0.2, 0.25) is 0 Å². The Morgan fingerprint density at radius 2 is 1.96 bits per heavy atom. The molecule has 6 nitrogen and oxygen atoms in total. The fourth-order valence-corrected chi connectivity index (χ4v) is 4.42. The number of hydrogen-bond acceptors (Lipinski definition) is 6. The molecule has 2 heterocycles. The highest BCUT2D eigenvalue weighted by Crippen LogP contribution is 2.49. The van der Waals surface area contributed by atoms with Crippen LogP contribution in [0.2, 0.25) is 0 Å². The molecule has 0 amide bonds. The van der Waals surface area contributed by atoms with E-state index in [1.807, 2.05) is 6.07 Å². The normalized spacial score (nSPS) is 19.0. The van der Waals surface area contributed by atoms with Gasteiger partial charge in [0, 0.05) is 24.2 Å². The Morgan fingerprint density at radius 1 is 1.23 bits per heavy atom. The Labute approximate surface area is 154 Å². The topological polar surface area (TPSA) is 84.5 Å². The number of nitrogens with two attached hydrogens (primary N) is 1. The summed E-state index contributed by atoms with van der Waals surface area (Å²) in [6, 6.07) is 4.09. The van der Waals surface area contributed by atoms with Gasteiger partial charge >= 0.3 is 0 Å². The Morgan fingerprint density at radius 3 is 2.65 bits per heavy atom. The summed E-state index contributed by atoms with van der Waals surface area (Å²) in [4.78, 5) is 11.1. The molecule has 1 aliphatic carbocycles. The van der Waals surface area contributed by atoms with Crippen LogP contribution in [0.5, 0.6) is 5.75 Å². The summed E-state index contributed by atoms with van der Waals surface area (Å²) in [5.74, 6) is 1.44. The zero-order valence-corrected chi connectivity index (χ0v) is 15.6. The minimum Gasteiger partial charge on any atom is -0.495 e. The third-order valence-electron chi connectivity index (χ3n) is 5.67. The van der Waals surface area contributed by atoms with E-state index in [0.29, 0.717) is 5.82 Å². The van der Waals surface area contributed by atoms with E-state index in [0.717, 1.165) is 60.6 Å². The van der Waals surface area contributed by atoms with Crippen LogP contribution in [-0.4, -0.2) is 41.4 Å². The minimum atomic E-state index is -0.207. The zero-order valence-electron chi connectivity index (χ0n) is 15.6. The summed E-state index contributed by atoms with van der Waals surface area (Å²) < 4.78 is 5.71. The molecule has 0 saturated carbocycles. The number of ether oxygens (including phenoxy) is 1. The average Bonchev–Trinajstić information content (AvgIpc) is 2.61. The first-order valence-corrected chi connectivity index (χ1v) is 9.16. The van der Waals surface area contributed by atoms with Gasteiger partial charge < -0.3 is 20.5 Å². The average molecular weight is 354 g/mol. The molecule has 6 heteroatoms. The van der Waals surface area contributed by atoms with Gasteiger partial charge in [-0.1, -0.05) is 13.8 Å². The number of fused-ring (bicyclic) bond motifs is 3. The predicted molar refractivity (Wildman–Crippen MR) is 103 cm³/mol. The molecule has 1 fully saturated rings. The molecule has 1 aliphatic heterocycles. The first kappa shape index (κ1) is 17.1. The molecule has 138 valence electrons. The van der Waals surface area contributed by atoms with Crippen molar-refractivity contribution < 1.29 is 9.84 Å². The highest BCUT2D eigenvalue weighted by atomic mass is 16.5. The second-order valence-corrected chi connectivity index (χ2v) is 7.90. The molecule has 0 radical (unpaired) electrons. The number of hydrogen-bond donors (Lipinski definition) is 2. The first-order valence-electron chi connectivity index (χ1n) is 9.16. The van der Waals surface area contributed by atoms with E-state index in [-0.39, 0.29) is 11.5 Å². The van der Waals surface area contributed by atoms with Gasteiger partial charge in [-0.25, -0.2) is 9.97 Å². The van der Waals surface area contributed by atoms with Crippen molar-refractivity contribution in [2.24, 2.45) is 0 Å². The quantitative estimate of drug-likeness (QED) is 0.862. The maximum Gasteiger partial charge on any atom is 0.142 e. The second-order valence-electron chi connectivity index (χ2n) is 7.90. The van der Waals surface area contributed by atoms with Crippen LogP contribution in [0.1, 0.15) is 37.8 Å². The number of aliphatic hydroxyl groups is 1. The van der Waals surface area contributed by atoms with Gasteiger partial charge in [0.1, 0.15) is 17.9 Å². The number of nitrogen functional groups attached to an aromatic ring is 1. The van der Waals surface area contributed by atoms with E-state index < -0.39 is 0 Å². The van der Waals surface area contributed by atoms with Crippen LogP contribution in [0.3, 0.4) is 0 Å². The molecule has 0 unspecified atom stereocenters. The van der Waals surface area contributed by atoms with Crippen LogP contribution in [0, 0.1) is 0 Å². The molecular weight excluding hydrogens is 328 g/mol. The van der Waals surface area contributed by atoms with Gasteiger partial charge in [-0.2, -0.15) is 0 Å². The summed E-state index contributed by atoms with van der Waals surface area (Å²) in [6.07, 6.45) is 3.74. The van der Waals surface area contributed by atoms with Crippen LogP contribution >= 0.6 is 0 Å². The lowest BCUT2D eigenvalue weighted by Crippen LogP contribution is -2.38. The number of aromatic nitrogens is 2. The van der Waals surface area contributed by atoms with Gasteiger partial charge in [0.15, 0.2) is 0 Å². The van der Waals surface area contributed by atoms with E-state index in [1.165, 1.54) is 5.56 Å². The molecule has 3 N–H and O–H groups in total. The minimum absolute atomic E-state index is 0.163. The van der Waals surface area contributed by atoms with Crippen molar-refractivity contribution in [1.82, 2.24) is 9.97 Å². The van der Waals surface area contributed by atoms with Crippen molar-refractivity contribution in [2.75, 3.05) is 30.8 Å². The largest absolute Gasteiger partial charge is 0.495 e. The third kappa shape index (κ3) is 2.60. The van der Waals surface area contributed by atoms with Crippen molar-refractivity contribution in [3.05, 3.63) is 29.6 Å². The summed E-state index contributed by atoms with van der Waals surface area (Å²) in [7, 11) is 1.71. The molecule has 4 rings (SSSR count). The van der Waals surface area contributed by atoms with Gasteiger partial charge in [-0.15, -0.1) is 0 Å². The smallest absolute Gasteiger partial charge is 0.142 e. The molecule has 2 aromatic rings. The zero-order chi connectivity index (χ0) is 18.5. The van der Waals surface area contributed by atoms with Gasteiger partial charge in [-0.3, -0.25) is 0 Å². The molecule has 1 aromatic heterocycles. The number of benzene rings is 1. The van der Waals surface area contributed by atoms with E-state index in [9.17, 15) is 5.11 Å². The monoisotopic (exact) mass is 354 g/mol. The van der Waals surface area contributed by atoms with Crippen molar-refractivity contribution in [3.63, 3.8) is 0 Å². The van der Waals surface area contributed by atoms with Gasteiger partial charge in [-0.05, 0) is 42.4 Å². The van der Waals surface area contributed by atoms with E-state index in [1.54, 1.807) is 13.4 Å². The molecule has 1 aromatic carbocycles. The standard InChI is InChI=1S/C20H26N4O2/c1-20(2)10-14-13(17-16(20)19(21)23-11-22-17)4-5-15(26-3)18(14)24-8-6-12(25)7-9-24/h4-5,11-12,25H,6-10H2,1-3H3,(H2,21,22,23). The van der Waals surface area contributed by atoms with Crippen molar-refractivity contribution in [3.8, 4) is 17.0 Å². The number of piperidine rings is 1. The molecule has 1 saturated heterocycles. The van der Waals surface area contributed by atoms with Gasteiger partial charge in [0.05, 0.1) is 24.6 Å². The molecular formula is C20H26N4O2.